The van der Waals surface area contributed by atoms with E-state index >= 15 is 0 Å². The number of aromatic nitrogens is 2. The number of ether oxygens (including phenoxy) is 1. The first kappa shape index (κ1) is 18.4. The predicted octanol–water partition coefficient (Wildman–Crippen LogP) is 3.88. The zero-order valence-electron chi connectivity index (χ0n) is 14.9. The zero-order valence-corrected chi connectivity index (χ0v) is 15.6. The molecule has 2 aromatic rings. The van der Waals surface area contributed by atoms with E-state index in [-0.39, 0.29) is 5.78 Å². The van der Waals surface area contributed by atoms with E-state index in [2.05, 4.69) is 5.10 Å². The van der Waals surface area contributed by atoms with E-state index in [0.29, 0.717) is 24.4 Å². The molecule has 1 aromatic heterocycles. The number of aryl methyl sites for hydroxylation is 1. The minimum Gasteiger partial charge on any atom is -0.451 e. The fourth-order valence-corrected chi connectivity index (χ4v) is 3.33. The van der Waals surface area contributed by atoms with Gasteiger partial charge in [-0.25, -0.2) is 4.79 Å². The topological polar surface area (TPSA) is 61.2 Å². The standard InChI is InChI=1S/C20H21ClN2O3/c1-13-16(10-11-20(25)26-19-9-5-8-18(19)24)14(2)23(22-13)12-15-6-3-4-7-17(15)21/h3-4,6-7,10-11,19H,5,8-9,12H2,1-2H3/b11-10+/t19-/m0/s1. The maximum atomic E-state index is 12.0. The molecule has 1 saturated carbocycles. The molecule has 1 aliphatic carbocycles. The summed E-state index contributed by atoms with van der Waals surface area (Å²) in [5, 5.41) is 5.24. The Morgan fingerprint density at radius 3 is 2.85 bits per heavy atom. The summed E-state index contributed by atoms with van der Waals surface area (Å²) in [7, 11) is 0. The van der Waals surface area contributed by atoms with Crippen LogP contribution in [0.2, 0.25) is 5.02 Å². The Hall–Kier alpha value is -2.40. The number of hydrogen-bond acceptors (Lipinski definition) is 4. The van der Waals surface area contributed by atoms with Gasteiger partial charge < -0.3 is 4.74 Å². The van der Waals surface area contributed by atoms with Gasteiger partial charge in [0.15, 0.2) is 11.9 Å². The van der Waals surface area contributed by atoms with Crippen molar-refractivity contribution in [2.24, 2.45) is 0 Å². The molecule has 0 N–H and O–H groups in total. The molecule has 0 radical (unpaired) electrons. The molecule has 1 heterocycles. The number of ketones is 1. The molecule has 0 amide bonds. The molecule has 0 bridgehead atoms. The summed E-state index contributed by atoms with van der Waals surface area (Å²) in [6.45, 7) is 4.39. The van der Waals surface area contributed by atoms with E-state index in [9.17, 15) is 9.59 Å². The van der Waals surface area contributed by atoms with Crippen molar-refractivity contribution >= 4 is 29.4 Å². The van der Waals surface area contributed by atoms with Gasteiger partial charge in [-0.1, -0.05) is 29.8 Å². The number of halogens is 1. The highest BCUT2D eigenvalue weighted by Gasteiger charge is 2.27. The van der Waals surface area contributed by atoms with Gasteiger partial charge in [-0.2, -0.15) is 5.10 Å². The monoisotopic (exact) mass is 372 g/mol. The number of nitrogens with zero attached hydrogens (tertiary/aromatic N) is 2. The zero-order chi connectivity index (χ0) is 18.7. The van der Waals surface area contributed by atoms with Crippen molar-refractivity contribution in [3.05, 3.63) is 57.9 Å². The maximum Gasteiger partial charge on any atom is 0.331 e. The van der Waals surface area contributed by atoms with Crippen molar-refractivity contribution in [1.29, 1.82) is 0 Å². The van der Waals surface area contributed by atoms with Gasteiger partial charge in [0.2, 0.25) is 0 Å². The molecule has 3 rings (SSSR count). The van der Waals surface area contributed by atoms with Crippen molar-refractivity contribution in [2.45, 2.75) is 45.8 Å². The molecule has 1 atom stereocenters. The number of esters is 1. The van der Waals surface area contributed by atoms with Crippen LogP contribution >= 0.6 is 11.6 Å². The van der Waals surface area contributed by atoms with Crippen LogP contribution in [0.25, 0.3) is 6.08 Å². The van der Waals surface area contributed by atoms with E-state index in [1.165, 1.54) is 6.08 Å². The first-order chi connectivity index (χ1) is 12.5. The van der Waals surface area contributed by atoms with E-state index in [1.807, 2.05) is 42.8 Å². The van der Waals surface area contributed by atoms with Crippen LogP contribution < -0.4 is 0 Å². The van der Waals surface area contributed by atoms with Crippen molar-refractivity contribution in [1.82, 2.24) is 9.78 Å². The van der Waals surface area contributed by atoms with Gasteiger partial charge in [0.05, 0.1) is 12.2 Å². The highest BCUT2D eigenvalue weighted by molar-refractivity contribution is 6.31. The SMILES string of the molecule is Cc1nn(Cc2ccccc2Cl)c(C)c1/C=C/C(=O)O[C@H]1CCCC1=O. The Bertz CT molecular complexity index is 870. The maximum absolute atomic E-state index is 12.0. The molecule has 26 heavy (non-hydrogen) atoms. The molecule has 0 saturated heterocycles. The van der Waals surface area contributed by atoms with Gasteiger partial charge in [-0.05, 0) is 44.4 Å². The molecule has 0 unspecified atom stereocenters. The van der Waals surface area contributed by atoms with Gasteiger partial charge in [0.25, 0.3) is 0 Å². The van der Waals surface area contributed by atoms with Crippen molar-refractivity contribution < 1.29 is 14.3 Å². The quantitative estimate of drug-likeness (QED) is 0.590. The highest BCUT2D eigenvalue weighted by atomic mass is 35.5. The second-order valence-electron chi connectivity index (χ2n) is 6.45. The third-order valence-corrected chi connectivity index (χ3v) is 4.98. The van der Waals surface area contributed by atoms with Crippen LogP contribution in [0.5, 0.6) is 0 Å². The average molecular weight is 373 g/mol. The number of carbonyl (C=O) groups is 2. The van der Waals surface area contributed by atoms with E-state index < -0.39 is 12.1 Å². The summed E-state index contributed by atoms with van der Waals surface area (Å²) < 4.78 is 7.09. The summed E-state index contributed by atoms with van der Waals surface area (Å²) in [4.78, 5) is 23.5. The van der Waals surface area contributed by atoms with Gasteiger partial charge in [-0.15, -0.1) is 0 Å². The molecule has 1 fully saturated rings. The van der Waals surface area contributed by atoms with Crippen LogP contribution in [0, 0.1) is 13.8 Å². The molecule has 6 heteroatoms. The second-order valence-corrected chi connectivity index (χ2v) is 6.86. The van der Waals surface area contributed by atoms with Crippen LogP contribution in [0.15, 0.2) is 30.3 Å². The molecule has 136 valence electrons. The van der Waals surface area contributed by atoms with Gasteiger partial charge in [0.1, 0.15) is 0 Å². The van der Waals surface area contributed by atoms with Crippen LogP contribution in [0.3, 0.4) is 0 Å². The third kappa shape index (κ3) is 4.05. The number of carbonyl (C=O) groups excluding carboxylic acids is 2. The number of benzene rings is 1. The molecular weight excluding hydrogens is 352 g/mol. The summed E-state index contributed by atoms with van der Waals surface area (Å²) >= 11 is 6.22. The summed E-state index contributed by atoms with van der Waals surface area (Å²) in [6.07, 6.45) is 4.37. The van der Waals surface area contributed by atoms with Crippen molar-refractivity contribution in [3.8, 4) is 0 Å². The van der Waals surface area contributed by atoms with Crippen molar-refractivity contribution in [3.63, 3.8) is 0 Å². The summed E-state index contributed by atoms with van der Waals surface area (Å²) in [6, 6.07) is 7.64. The molecular formula is C20H21ClN2O3. The van der Waals surface area contributed by atoms with Crippen LogP contribution in [0.1, 0.15) is 41.8 Å². The Morgan fingerprint density at radius 1 is 1.38 bits per heavy atom. The summed E-state index contributed by atoms with van der Waals surface area (Å²) in [5.74, 6) is -0.491. The van der Waals surface area contributed by atoms with Crippen LogP contribution in [-0.2, 0) is 20.9 Å². The number of hydrogen-bond donors (Lipinski definition) is 0. The fraction of sp³-hybridized carbons (Fsp3) is 0.350. The molecule has 1 aliphatic rings. The van der Waals surface area contributed by atoms with Crippen LogP contribution in [0.4, 0.5) is 0 Å². The van der Waals surface area contributed by atoms with Gasteiger partial charge in [-0.3, -0.25) is 9.48 Å². The first-order valence-corrected chi connectivity index (χ1v) is 9.02. The largest absolute Gasteiger partial charge is 0.451 e. The van der Waals surface area contributed by atoms with Crippen molar-refractivity contribution in [2.75, 3.05) is 0 Å². The molecule has 1 aromatic carbocycles. The van der Waals surface area contributed by atoms with E-state index in [4.69, 9.17) is 16.3 Å². The Balaban J connectivity index is 1.72. The highest BCUT2D eigenvalue weighted by Crippen LogP contribution is 2.21. The smallest absolute Gasteiger partial charge is 0.331 e. The summed E-state index contributed by atoms with van der Waals surface area (Å²) in [5.41, 5.74) is 3.60. The molecule has 5 nitrogen and oxygen atoms in total. The number of Topliss-reactive ketones (excluding diaryl/α,β-unsaturated/α-hetero) is 1. The molecule has 0 aliphatic heterocycles. The molecule has 0 spiro atoms. The minimum atomic E-state index is -0.586. The average Bonchev–Trinajstić information content (AvgIpc) is 3.12. The normalized spacial score (nSPS) is 17.2. The van der Waals surface area contributed by atoms with E-state index in [1.54, 1.807) is 6.08 Å². The van der Waals surface area contributed by atoms with Gasteiger partial charge >= 0.3 is 5.97 Å². The van der Waals surface area contributed by atoms with Crippen LogP contribution in [-0.4, -0.2) is 27.6 Å². The fourth-order valence-electron chi connectivity index (χ4n) is 3.13. The first-order valence-electron chi connectivity index (χ1n) is 8.64. The minimum absolute atomic E-state index is 0.00618. The lowest BCUT2D eigenvalue weighted by Crippen LogP contribution is -2.20. The predicted molar refractivity (Wildman–Crippen MR) is 100 cm³/mol. The Morgan fingerprint density at radius 2 is 2.15 bits per heavy atom. The third-order valence-electron chi connectivity index (χ3n) is 4.61. The lowest BCUT2D eigenvalue weighted by Gasteiger charge is -2.07. The Labute approximate surface area is 157 Å². The lowest BCUT2D eigenvalue weighted by atomic mass is 10.1. The van der Waals surface area contributed by atoms with Gasteiger partial charge in [0, 0.05) is 28.8 Å². The Kier molecular flexibility index (Phi) is 5.57. The lowest BCUT2D eigenvalue weighted by molar-refractivity contribution is -0.148. The second kappa shape index (κ2) is 7.87. The van der Waals surface area contributed by atoms with E-state index in [0.717, 1.165) is 28.9 Å². The number of rotatable bonds is 5.